The second-order valence-electron chi connectivity index (χ2n) is 4.72. The van der Waals surface area contributed by atoms with Crippen LogP contribution >= 0.6 is 15.9 Å². The maximum Gasteiger partial charge on any atom is 0.315 e. The number of urea groups is 1. The molecule has 2 rings (SSSR count). The largest absolute Gasteiger partial charge is 0.338 e. The van der Waals surface area contributed by atoms with E-state index in [2.05, 4.69) is 32.6 Å². The fourth-order valence-electron chi connectivity index (χ4n) is 2.32. The predicted molar refractivity (Wildman–Crippen MR) is 76.6 cm³/mol. The highest BCUT2D eigenvalue weighted by molar-refractivity contribution is 9.10. The van der Waals surface area contributed by atoms with Crippen molar-refractivity contribution >= 4 is 22.0 Å². The van der Waals surface area contributed by atoms with Crippen molar-refractivity contribution in [2.45, 2.75) is 38.1 Å². The van der Waals surface area contributed by atoms with E-state index in [0.717, 1.165) is 23.7 Å². The van der Waals surface area contributed by atoms with E-state index in [4.69, 9.17) is 0 Å². The van der Waals surface area contributed by atoms with Crippen molar-refractivity contribution in [2.75, 3.05) is 6.54 Å². The summed E-state index contributed by atoms with van der Waals surface area (Å²) in [4.78, 5) is 11.6. The Balaban J connectivity index is 1.68. The molecule has 1 aromatic carbocycles. The molecule has 3 nitrogen and oxygen atoms in total. The number of amides is 2. The van der Waals surface area contributed by atoms with Crippen molar-refractivity contribution in [2.24, 2.45) is 0 Å². The molecule has 0 bridgehead atoms. The highest BCUT2D eigenvalue weighted by Crippen LogP contribution is 2.17. The molecule has 0 aliphatic heterocycles. The molecule has 2 amide bonds. The highest BCUT2D eigenvalue weighted by Gasteiger charge is 2.16. The Morgan fingerprint density at radius 1 is 1.28 bits per heavy atom. The van der Waals surface area contributed by atoms with Crippen LogP contribution in [0.3, 0.4) is 0 Å². The lowest BCUT2D eigenvalue weighted by atomic mass is 10.1. The zero-order valence-electron chi connectivity index (χ0n) is 10.4. The van der Waals surface area contributed by atoms with Crippen LogP contribution in [0.15, 0.2) is 28.7 Å². The number of rotatable bonds is 4. The molecule has 0 aromatic heterocycles. The maximum absolute atomic E-state index is 11.6. The summed E-state index contributed by atoms with van der Waals surface area (Å²) < 4.78 is 1.10. The van der Waals surface area contributed by atoms with Gasteiger partial charge in [-0.3, -0.25) is 0 Å². The average molecular weight is 311 g/mol. The summed E-state index contributed by atoms with van der Waals surface area (Å²) in [5.41, 5.74) is 1.22. The van der Waals surface area contributed by atoms with E-state index in [9.17, 15) is 4.79 Å². The van der Waals surface area contributed by atoms with Gasteiger partial charge in [-0.25, -0.2) is 4.79 Å². The average Bonchev–Trinajstić information content (AvgIpc) is 2.84. The number of carbonyl (C=O) groups is 1. The third-order valence-corrected chi connectivity index (χ3v) is 4.10. The van der Waals surface area contributed by atoms with Gasteiger partial charge in [0.2, 0.25) is 0 Å². The zero-order valence-corrected chi connectivity index (χ0v) is 12.0. The highest BCUT2D eigenvalue weighted by atomic mass is 79.9. The maximum atomic E-state index is 11.6. The molecule has 0 heterocycles. The Labute approximate surface area is 116 Å². The van der Waals surface area contributed by atoms with Crippen LogP contribution in [0.4, 0.5) is 4.79 Å². The summed E-state index contributed by atoms with van der Waals surface area (Å²) in [5.74, 6) is 0. The van der Waals surface area contributed by atoms with Crippen molar-refractivity contribution in [1.29, 1.82) is 0 Å². The van der Waals surface area contributed by atoms with E-state index in [0.29, 0.717) is 12.6 Å². The van der Waals surface area contributed by atoms with Gasteiger partial charge >= 0.3 is 6.03 Å². The molecular weight excluding hydrogens is 292 g/mol. The summed E-state index contributed by atoms with van der Waals surface area (Å²) in [7, 11) is 0. The van der Waals surface area contributed by atoms with E-state index < -0.39 is 0 Å². The molecule has 18 heavy (non-hydrogen) atoms. The molecule has 0 spiro atoms. The Bertz CT molecular complexity index is 403. The van der Waals surface area contributed by atoms with E-state index in [1.54, 1.807) is 0 Å². The van der Waals surface area contributed by atoms with E-state index in [-0.39, 0.29) is 6.03 Å². The van der Waals surface area contributed by atoms with Gasteiger partial charge in [0.15, 0.2) is 0 Å². The van der Waals surface area contributed by atoms with Crippen LogP contribution in [0.25, 0.3) is 0 Å². The fourth-order valence-corrected chi connectivity index (χ4v) is 2.80. The summed E-state index contributed by atoms with van der Waals surface area (Å²) >= 11 is 3.51. The fraction of sp³-hybridized carbons (Fsp3) is 0.500. The van der Waals surface area contributed by atoms with Crippen molar-refractivity contribution in [3.8, 4) is 0 Å². The molecule has 1 saturated carbocycles. The minimum absolute atomic E-state index is 0.0334. The molecule has 1 aliphatic carbocycles. The third kappa shape index (κ3) is 4.02. The molecule has 1 fully saturated rings. The van der Waals surface area contributed by atoms with Gasteiger partial charge < -0.3 is 10.6 Å². The van der Waals surface area contributed by atoms with Crippen molar-refractivity contribution in [3.63, 3.8) is 0 Å². The normalized spacial score (nSPS) is 15.6. The van der Waals surface area contributed by atoms with E-state index in [1.807, 2.05) is 18.2 Å². The molecule has 1 aromatic rings. The number of hydrogen-bond acceptors (Lipinski definition) is 1. The number of nitrogens with one attached hydrogen (secondary N) is 2. The van der Waals surface area contributed by atoms with Crippen molar-refractivity contribution in [1.82, 2.24) is 10.6 Å². The van der Waals surface area contributed by atoms with Gasteiger partial charge in [0, 0.05) is 17.1 Å². The second kappa shape index (κ2) is 6.78. The molecule has 0 atom stereocenters. The van der Waals surface area contributed by atoms with Crippen LogP contribution in [0.2, 0.25) is 0 Å². The Kier molecular flexibility index (Phi) is 5.05. The topological polar surface area (TPSA) is 41.1 Å². The zero-order chi connectivity index (χ0) is 12.8. The quantitative estimate of drug-likeness (QED) is 0.880. The second-order valence-corrected chi connectivity index (χ2v) is 5.58. The lowest BCUT2D eigenvalue weighted by molar-refractivity contribution is 0.237. The monoisotopic (exact) mass is 310 g/mol. The molecule has 0 saturated heterocycles. The summed E-state index contributed by atoms with van der Waals surface area (Å²) in [6.45, 7) is 0.668. The van der Waals surface area contributed by atoms with Crippen LogP contribution < -0.4 is 10.6 Å². The SMILES string of the molecule is O=C(NCCc1ccccc1Br)NC1CCCC1. The van der Waals surface area contributed by atoms with Gasteiger partial charge in [0.05, 0.1) is 0 Å². The first kappa shape index (κ1) is 13.4. The number of carbonyl (C=O) groups excluding carboxylic acids is 1. The summed E-state index contributed by atoms with van der Waals surface area (Å²) in [6.07, 6.45) is 5.57. The van der Waals surface area contributed by atoms with Gasteiger partial charge in [-0.2, -0.15) is 0 Å². The number of halogens is 1. The summed E-state index contributed by atoms with van der Waals surface area (Å²) in [5, 5.41) is 5.93. The molecule has 4 heteroatoms. The predicted octanol–water partition coefficient (Wildman–Crippen LogP) is 3.23. The van der Waals surface area contributed by atoms with Gasteiger partial charge in [0.25, 0.3) is 0 Å². The third-order valence-electron chi connectivity index (χ3n) is 3.33. The van der Waals surface area contributed by atoms with Crippen LogP contribution in [0, 0.1) is 0 Å². The molecule has 0 unspecified atom stereocenters. The van der Waals surface area contributed by atoms with Crippen LogP contribution in [-0.2, 0) is 6.42 Å². The van der Waals surface area contributed by atoms with Crippen molar-refractivity contribution < 1.29 is 4.79 Å². The molecular formula is C14H19BrN2O. The Morgan fingerprint density at radius 2 is 2.00 bits per heavy atom. The Hall–Kier alpha value is -1.03. The molecule has 0 radical (unpaired) electrons. The first-order chi connectivity index (χ1) is 8.75. The van der Waals surface area contributed by atoms with Crippen LogP contribution in [0.1, 0.15) is 31.2 Å². The number of hydrogen-bond donors (Lipinski definition) is 2. The standard InChI is InChI=1S/C14H19BrN2O/c15-13-8-4-1-5-11(13)9-10-16-14(18)17-12-6-2-3-7-12/h1,4-5,8,12H,2-3,6-7,9-10H2,(H2,16,17,18). The lowest BCUT2D eigenvalue weighted by Crippen LogP contribution is -2.41. The van der Waals surface area contributed by atoms with Crippen LogP contribution in [-0.4, -0.2) is 18.6 Å². The lowest BCUT2D eigenvalue weighted by Gasteiger charge is -2.13. The summed E-state index contributed by atoms with van der Waals surface area (Å²) in [6, 6.07) is 8.45. The van der Waals surface area contributed by atoms with Gasteiger partial charge in [-0.15, -0.1) is 0 Å². The molecule has 98 valence electrons. The first-order valence-electron chi connectivity index (χ1n) is 6.53. The Morgan fingerprint density at radius 3 is 2.72 bits per heavy atom. The number of benzene rings is 1. The van der Waals surface area contributed by atoms with E-state index >= 15 is 0 Å². The first-order valence-corrected chi connectivity index (χ1v) is 7.33. The van der Waals surface area contributed by atoms with Crippen molar-refractivity contribution in [3.05, 3.63) is 34.3 Å². The van der Waals surface area contributed by atoms with Gasteiger partial charge in [0.1, 0.15) is 0 Å². The van der Waals surface area contributed by atoms with Crippen LogP contribution in [0.5, 0.6) is 0 Å². The molecule has 1 aliphatic rings. The van der Waals surface area contributed by atoms with Gasteiger partial charge in [-0.1, -0.05) is 47.0 Å². The minimum Gasteiger partial charge on any atom is -0.338 e. The minimum atomic E-state index is -0.0334. The smallest absolute Gasteiger partial charge is 0.315 e. The van der Waals surface area contributed by atoms with E-state index in [1.165, 1.54) is 18.4 Å². The van der Waals surface area contributed by atoms with Gasteiger partial charge in [-0.05, 0) is 30.9 Å². The molecule has 2 N–H and O–H groups in total.